The largest absolute Gasteiger partial charge is 0.454 e. The van der Waals surface area contributed by atoms with Crippen molar-refractivity contribution in [1.29, 1.82) is 0 Å². The first-order valence-electron chi connectivity index (χ1n) is 17.7. The summed E-state index contributed by atoms with van der Waals surface area (Å²) in [6, 6.07) is 61.7. The molecule has 8 aromatic carbocycles. The maximum atomic E-state index is 6.63. The standard InChI is InChI=1S/C48H28N2OS/c1-3-11-31(12-4-1)49-42-26-30(19-21-33(42)39-27-40-35-16-8-10-18-45(35)52-46(40)28-43(39)49)29-20-24-41-38(25-29)36-22-23-37-34-15-7-9-17-44(34)51-48(37)47(36)50(41)32-13-5-2-6-14-32/h1-28H. The topological polar surface area (TPSA) is 23.0 Å². The van der Waals surface area contributed by atoms with Crippen LogP contribution in [-0.4, -0.2) is 9.13 Å². The third-order valence-corrected chi connectivity index (χ3v) is 12.0. The lowest BCUT2D eigenvalue weighted by atomic mass is 10.0. The molecule has 0 aliphatic rings. The molecule has 0 amide bonds. The van der Waals surface area contributed by atoms with Gasteiger partial charge >= 0.3 is 0 Å². The summed E-state index contributed by atoms with van der Waals surface area (Å²) in [5, 5.41) is 9.84. The summed E-state index contributed by atoms with van der Waals surface area (Å²) in [5.74, 6) is 0. The maximum absolute atomic E-state index is 6.63. The van der Waals surface area contributed by atoms with E-state index in [4.69, 9.17) is 4.42 Å². The molecule has 4 heterocycles. The Morgan fingerprint density at radius 1 is 0.365 bits per heavy atom. The van der Waals surface area contributed by atoms with E-state index in [1.807, 2.05) is 17.4 Å². The highest BCUT2D eigenvalue weighted by Crippen LogP contribution is 2.44. The third kappa shape index (κ3) is 3.84. The summed E-state index contributed by atoms with van der Waals surface area (Å²) in [4.78, 5) is 0. The minimum absolute atomic E-state index is 0.908. The number of benzene rings is 8. The van der Waals surface area contributed by atoms with Crippen molar-refractivity contribution in [2.75, 3.05) is 0 Å². The molecule has 0 fully saturated rings. The van der Waals surface area contributed by atoms with Gasteiger partial charge in [0.15, 0.2) is 5.58 Å². The lowest BCUT2D eigenvalue weighted by Crippen LogP contribution is -1.94. The van der Waals surface area contributed by atoms with Gasteiger partial charge in [0.1, 0.15) is 5.58 Å². The molecular weight excluding hydrogens is 653 g/mol. The molecule has 3 nitrogen and oxygen atoms in total. The number of rotatable bonds is 3. The predicted octanol–water partition coefficient (Wildman–Crippen LogP) is 13.8. The second-order valence-corrected chi connectivity index (χ2v) is 14.8. The van der Waals surface area contributed by atoms with Gasteiger partial charge in [-0.25, -0.2) is 0 Å². The van der Waals surface area contributed by atoms with Gasteiger partial charge in [0.25, 0.3) is 0 Å². The van der Waals surface area contributed by atoms with Crippen molar-refractivity contribution in [2.45, 2.75) is 0 Å². The molecule has 242 valence electrons. The highest BCUT2D eigenvalue weighted by molar-refractivity contribution is 7.25. The summed E-state index contributed by atoms with van der Waals surface area (Å²) in [6.45, 7) is 0. The van der Waals surface area contributed by atoms with Gasteiger partial charge in [-0.2, -0.15) is 0 Å². The summed E-state index contributed by atoms with van der Waals surface area (Å²) in [7, 11) is 0. The molecule has 4 aromatic heterocycles. The normalized spacial score (nSPS) is 12.2. The Balaban J connectivity index is 1.13. The number of fused-ring (bicyclic) bond motifs is 13. The van der Waals surface area contributed by atoms with Gasteiger partial charge in [0.2, 0.25) is 0 Å². The Hall–Kier alpha value is -6.62. The second-order valence-electron chi connectivity index (χ2n) is 13.7. The fraction of sp³-hybridized carbons (Fsp3) is 0. The van der Waals surface area contributed by atoms with Crippen LogP contribution in [0.3, 0.4) is 0 Å². The van der Waals surface area contributed by atoms with Gasteiger partial charge in [-0.15, -0.1) is 11.3 Å². The van der Waals surface area contributed by atoms with E-state index in [9.17, 15) is 0 Å². The summed E-state index contributed by atoms with van der Waals surface area (Å²) in [5.41, 5.74) is 11.2. The minimum Gasteiger partial charge on any atom is -0.454 e. The first kappa shape index (κ1) is 28.1. The van der Waals surface area contributed by atoms with Gasteiger partial charge in [-0.3, -0.25) is 0 Å². The van der Waals surface area contributed by atoms with E-state index in [-0.39, 0.29) is 0 Å². The second kappa shape index (κ2) is 10.5. The number of hydrogen-bond acceptors (Lipinski definition) is 2. The highest BCUT2D eigenvalue weighted by Gasteiger charge is 2.21. The molecule has 0 bridgehead atoms. The van der Waals surface area contributed by atoms with Gasteiger partial charge < -0.3 is 13.6 Å². The van der Waals surface area contributed by atoms with Crippen LogP contribution in [0.15, 0.2) is 174 Å². The lowest BCUT2D eigenvalue weighted by molar-refractivity contribution is 0.671. The van der Waals surface area contributed by atoms with Crippen molar-refractivity contribution in [3.63, 3.8) is 0 Å². The molecule has 0 saturated carbocycles. The summed E-state index contributed by atoms with van der Waals surface area (Å²) >= 11 is 1.87. The van der Waals surface area contributed by atoms with Crippen LogP contribution in [0.25, 0.3) is 108 Å². The molecule has 12 rings (SSSR count). The van der Waals surface area contributed by atoms with Crippen LogP contribution in [0.5, 0.6) is 0 Å². The molecule has 0 aliphatic carbocycles. The zero-order valence-electron chi connectivity index (χ0n) is 27.9. The number of hydrogen-bond donors (Lipinski definition) is 0. The number of aromatic nitrogens is 2. The van der Waals surface area contributed by atoms with Crippen LogP contribution >= 0.6 is 11.3 Å². The van der Waals surface area contributed by atoms with Gasteiger partial charge in [-0.05, 0) is 83.9 Å². The van der Waals surface area contributed by atoms with Gasteiger partial charge in [0.05, 0.1) is 22.1 Å². The van der Waals surface area contributed by atoms with Crippen LogP contribution in [0.2, 0.25) is 0 Å². The first-order valence-corrected chi connectivity index (χ1v) is 18.5. The van der Waals surface area contributed by atoms with Crippen molar-refractivity contribution in [3.8, 4) is 22.5 Å². The highest BCUT2D eigenvalue weighted by atomic mass is 32.1. The Morgan fingerprint density at radius 2 is 1.00 bits per heavy atom. The van der Waals surface area contributed by atoms with E-state index >= 15 is 0 Å². The zero-order valence-corrected chi connectivity index (χ0v) is 28.7. The van der Waals surface area contributed by atoms with Crippen LogP contribution in [-0.2, 0) is 0 Å². The summed E-state index contributed by atoms with van der Waals surface area (Å²) < 4.78 is 14.1. The number of nitrogens with zero attached hydrogens (tertiary/aromatic N) is 2. The number of thiophene rings is 1. The Labute approximate surface area is 301 Å². The van der Waals surface area contributed by atoms with Crippen LogP contribution in [0.1, 0.15) is 0 Å². The van der Waals surface area contributed by atoms with E-state index in [1.165, 1.54) is 63.9 Å². The van der Waals surface area contributed by atoms with E-state index in [2.05, 4.69) is 173 Å². The molecule has 52 heavy (non-hydrogen) atoms. The first-order chi connectivity index (χ1) is 25.8. The Morgan fingerprint density at radius 3 is 1.85 bits per heavy atom. The predicted molar refractivity (Wildman–Crippen MR) is 221 cm³/mol. The fourth-order valence-electron chi connectivity index (χ4n) is 8.58. The minimum atomic E-state index is 0.908. The third-order valence-electron chi connectivity index (χ3n) is 10.9. The van der Waals surface area contributed by atoms with Crippen LogP contribution in [0, 0.1) is 0 Å². The SMILES string of the molecule is c1ccc(-n2c3cc(-c4ccc5c(c4)c4ccc6c7ccccc7oc6c4n5-c4ccccc4)ccc3c3cc4c(cc32)sc2ccccc24)cc1. The number of furan rings is 1. The average Bonchev–Trinajstić information content (AvgIpc) is 3.94. The molecule has 0 radical (unpaired) electrons. The molecule has 4 heteroatoms. The quantitative estimate of drug-likeness (QED) is 0.182. The van der Waals surface area contributed by atoms with Crippen LogP contribution in [0.4, 0.5) is 0 Å². The van der Waals surface area contributed by atoms with Crippen LogP contribution < -0.4 is 0 Å². The summed E-state index contributed by atoms with van der Waals surface area (Å²) in [6.07, 6.45) is 0. The molecule has 0 atom stereocenters. The monoisotopic (exact) mass is 680 g/mol. The zero-order chi connectivity index (χ0) is 33.9. The van der Waals surface area contributed by atoms with E-state index < -0.39 is 0 Å². The molecular formula is C48H28N2OS. The molecule has 12 aromatic rings. The van der Waals surface area contributed by atoms with Crippen molar-refractivity contribution in [3.05, 3.63) is 170 Å². The van der Waals surface area contributed by atoms with Crippen molar-refractivity contribution in [1.82, 2.24) is 9.13 Å². The maximum Gasteiger partial charge on any atom is 0.160 e. The molecule has 0 N–H and O–H groups in total. The van der Waals surface area contributed by atoms with Gasteiger partial charge in [-0.1, -0.05) is 97.1 Å². The Kier molecular flexibility index (Phi) is 5.65. The fourth-order valence-corrected chi connectivity index (χ4v) is 9.70. The number of para-hydroxylation sites is 3. The lowest BCUT2D eigenvalue weighted by Gasteiger charge is -2.10. The van der Waals surface area contributed by atoms with Crippen molar-refractivity contribution >= 4 is 97.1 Å². The van der Waals surface area contributed by atoms with E-state index in [1.54, 1.807) is 0 Å². The van der Waals surface area contributed by atoms with Gasteiger partial charge in [0, 0.05) is 63.9 Å². The van der Waals surface area contributed by atoms with E-state index in [0.717, 1.165) is 44.3 Å². The van der Waals surface area contributed by atoms with Crippen molar-refractivity contribution < 1.29 is 4.42 Å². The van der Waals surface area contributed by atoms with Crippen molar-refractivity contribution in [2.24, 2.45) is 0 Å². The smallest absolute Gasteiger partial charge is 0.160 e. The molecule has 0 spiro atoms. The molecule has 0 unspecified atom stereocenters. The Bertz CT molecular complexity index is 3400. The average molecular weight is 681 g/mol. The molecule has 0 saturated heterocycles. The van der Waals surface area contributed by atoms with E-state index in [0.29, 0.717) is 0 Å². The molecule has 0 aliphatic heterocycles.